The van der Waals surface area contributed by atoms with E-state index in [0.29, 0.717) is 44.8 Å². The van der Waals surface area contributed by atoms with Crippen LogP contribution < -0.4 is 9.47 Å². The Balaban J connectivity index is 2.00. The van der Waals surface area contributed by atoms with Crippen LogP contribution in [0.4, 0.5) is 22.0 Å². The number of halogens is 6. The average molecular weight is 484 g/mol. The van der Waals surface area contributed by atoms with Gasteiger partial charge in [0.25, 0.3) is 0 Å². The molecular formula is C19H15ClF5NO4S. The molecule has 0 aliphatic heterocycles. The molecule has 0 fully saturated rings. The Labute approximate surface area is 181 Å². The van der Waals surface area contributed by atoms with Gasteiger partial charge in [0.1, 0.15) is 5.75 Å². The number of carboxylic acid groups (broad SMARTS) is 1. The largest absolute Gasteiger partial charge is 0.499 e. The molecule has 3 rings (SSSR count). The number of hydrogen-bond donors (Lipinski definition) is 1. The summed E-state index contributed by atoms with van der Waals surface area (Å²) >= 11 is 6.80. The van der Waals surface area contributed by atoms with E-state index in [9.17, 15) is 31.9 Å². The average Bonchev–Trinajstić information content (AvgIpc) is 3.17. The van der Waals surface area contributed by atoms with E-state index < -0.39 is 23.3 Å². The van der Waals surface area contributed by atoms with E-state index in [1.807, 2.05) is 0 Å². The van der Waals surface area contributed by atoms with Crippen LogP contribution in [0.25, 0.3) is 10.9 Å². The standard InChI is InChI=1S/C19H15ClF5NO4S/c1-9-11(5-16(27)28)12-4-15(29-2)13(20)6-14(12)26(9)7-10-3-17(31-8-10)30-19(24,25)18(21,22)23/h3-4,6,8H,5,7H2,1-2H3,(H,27,28). The number of aliphatic carboxylic acids is 1. The van der Waals surface area contributed by atoms with E-state index in [4.69, 9.17) is 16.3 Å². The fourth-order valence-electron chi connectivity index (χ4n) is 3.14. The van der Waals surface area contributed by atoms with Crippen molar-refractivity contribution in [1.29, 1.82) is 0 Å². The molecule has 168 valence electrons. The van der Waals surface area contributed by atoms with Gasteiger partial charge in [0.05, 0.1) is 24.1 Å². The maximum Gasteiger partial charge on any atom is 0.499 e. The third-order valence-electron chi connectivity index (χ3n) is 4.58. The number of rotatable bonds is 7. The summed E-state index contributed by atoms with van der Waals surface area (Å²) < 4.78 is 74.1. The molecule has 3 aromatic rings. The molecule has 0 amide bonds. The molecule has 0 bridgehead atoms. The van der Waals surface area contributed by atoms with Crippen LogP contribution in [0.2, 0.25) is 5.02 Å². The van der Waals surface area contributed by atoms with Crippen molar-refractivity contribution in [2.75, 3.05) is 7.11 Å². The van der Waals surface area contributed by atoms with Crippen LogP contribution in [0, 0.1) is 6.92 Å². The molecule has 31 heavy (non-hydrogen) atoms. The van der Waals surface area contributed by atoms with Gasteiger partial charge in [-0.2, -0.15) is 22.0 Å². The van der Waals surface area contributed by atoms with Crippen LogP contribution in [-0.2, 0) is 17.8 Å². The number of carboxylic acids is 1. The first-order valence-electron chi connectivity index (χ1n) is 8.62. The molecular weight excluding hydrogens is 469 g/mol. The number of fused-ring (bicyclic) bond motifs is 1. The topological polar surface area (TPSA) is 60.7 Å². The predicted octanol–water partition coefficient (Wildman–Crippen LogP) is 5.88. The van der Waals surface area contributed by atoms with Crippen LogP contribution in [0.3, 0.4) is 0 Å². The van der Waals surface area contributed by atoms with Crippen molar-refractivity contribution in [3.8, 4) is 10.8 Å². The lowest BCUT2D eigenvalue weighted by molar-refractivity contribution is -0.359. The maximum atomic E-state index is 13.1. The Morgan fingerprint density at radius 1 is 1.23 bits per heavy atom. The van der Waals surface area contributed by atoms with Gasteiger partial charge < -0.3 is 19.1 Å². The van der Waals surface area contributed by atoms with Crippen molar-refractivity contribution in [1.82, 2.24) is 4.57 Å². The summed E-state index contributed by atoms with van der Waals surface area (Å²) in [6.07, 6.45) is -11.4. The molecule has 2 heterocycles. The highest BCUT2D eigenvalue weighted by atomic mass is 35.5. The molecule has 0 aliphatic rings. The van der Waals surface area contributed by atoms with Crippen molar-refractivity contribution < 1.29 is 41.3 Å². The second-order valence-electron chi connectivity index (χ2n) is 6.62. The SMILES string of the molecule is COc1cc2c(CC(=O)O)c(C)n(Cc3csc(OC(F)(F)C(F)(F)F)c3)c2cc1Cl. The molecule has 1 aromatic carbocycles. The fourth-order valence-corrected chi connectivity index (χ4v) is 4.15. The zero-order chi connectivity index (χ0) is 23.1. The lowest BCUT2D eigenvalue weighted by Crippen LogP contribution is -2.41. The fraction of sp³-hybridized carbons (Fsp3) is 0.316. The van der Waals surface area contributed by atoms with Crippen molar-refractivity contribution in [2.45, 2.75) is 32.2 Å². The Bertz CT molecular complexity index is 1140. The summed E-state index contributed by atoms with van der Waals surface area (Å²) in [7, 11) is 1.41. The quantitative estimate of drug-likeness (QED) is 0.426. The van der Waals surface area contributed by atoms with Gasteiger partial charge in [-0.1, -0.05) is 11.6 Å². The number of hydrogen-bond acceptors (Lipinski definition) is 4. The van der Waals surface area contributed by atoms with Gasteiger partial charge in [-0.3, -0.25) is 4.79 Å². The van der Waals surface area contributed by atoms with E-state index in [1.165, 1.54) is 12.5 Å². The van der Waals surface area contributed by atoms with E-state index in [2.05, 4.69) is 4.74 Å². The highest BCUT2D eigenvalue weighted by molar-refractivity contribution is 7.12. The Morgan fingerprint density at radius 2 is 1.90 bits per heavy atom. The van der Waals surface area contributed by atoms with Gasteiger partial charge in [-0.15, -0.1) is 11.3 Å². The molecule has 5 nitrogen and oxygen atoms in total. The van der Waals surface area contributed by atoms with Gasteiger partial charge in [-0.25, -0.2) is 0 Å². The van der Waals surface area contributed by atoms with Crippen LogP contribution in [0.5, 0.6) is 10.8 Å². The summed E-state index contributed by atoms with van der Waals surface area (Å²) in [5.41, 5.74) is 2.05. The molecule has 0 saturated heterocycles. The summed E-state index contributed by atoms with van der Waals surface area (Å²) in [4.78, 5) is 11.3. The molecule has 0 atom stereocenters. The zero-order valence-electron chi connectivity index (χ0n) is 16.0. The Hall–Kier alpha value is -2.53. The van der Waals surface area contributed by atoms with Crippen molar-refractivity contribution in [3.63, 3.8) is 0 Å². The number of carbonyl (C=O) groups is 1. The van der Waals surface area contributed by atoms with Crippen molar-refractivity contribution in [3.05, 3.63) is 45.4 Å². The van der Waals surface area contributed by atoms with Crippen molar-refractivity contribution >= 4 is 39.8 Å². The van der Waals surface area contributed by atoms with Gasteiger partial charge in [-0.05, 0) is 41.6 Å². The first kappa shape index (κ1) is 23.1. The number of methoxy groups -OCH3 is 1. The first-order chi connectivity index (χ1) is 14.3. The summed E-state index contributed by atoms with van der Waals surface area (Å²) in [5, 5.41) is 10.9. The number of thiophene rings is 1. The van der Waals surface area contributed by atoms with Gasteiger partial charge in [0.15, 0.2) is 5.06 Å². The lowest BCUT2D eigenvalue weighted by Gasteiger charge is -2.18. The van der Waals surface area contributed by atoms with Crippen LogP contribution in [-0.4, -0.2) is 35.0 Å². The third kappa shape index (κ3) is 4.57. The van der Waals surface area contributed by atoms with Gasteiger partial charge in [0, 0.05) is 17.6 Å². The highest BCUT2D eigenvalue weighted by Crippen LogP contribution is 2.40. The number of aromatic nitrogens is 1. The van der Waals surface area contributed by atoms with Crippen LogP contribution >= 0.6 is 22.9 Å². The highest BCUT2D eigenvalue weighted by Gasteiger charge is 2.61. The van der Waals surface area contributed by atoms with Gasteiger partial charge in [0.2, 0.25) is 0 Å². The molecule has 0 spiro atoms. The number of alkyl halides is 5. The van der Waals surface area contributed by atoms with Gasteiger partial charge >= 0.3 is 18.3 Å². The second-order valence-corrected chi connectivity index (χ2v) is 7.90. The Kier molecular flexibility index (Phi) is 6.12. The molecule has 2 aromatic heterocycles. The van der Waals surface area contributed by atoms with E-state index in [0.717, 1.165) is 6.07 Å². The second kappa shape index (κ2) is 8.19. The number of benzene rings is 1. The summed E-state index contributed by atoms with van der Waals surface area (Å²) in [6, 6.07) is 4.26. The minimum atomic E-state index is -5.84. The molecule has 0 aliphatic carbocycles. The normalized spacial score (nSPS) is 12.4. The Morgan fingerprint density at radius 3 is 2.48 bits per heavy atom. The number of ether oxygens (including phenoxy) is 2. The summed E-state index contributed by atoms with van der Waals surface area (Å²) in [5.74, 6) is -0.713. The minimum absolute atomic E-state index is 0.0715. The molecule has 1 N–H and O–H groups in total. The van der Waals surface area contributed by atoms with E-state index in [-0.39, 0.29) is 18.0 Å². The summed E-state index contributed by atoms with van der Waals surface area (Å²) in [6.45, 7) is 1.75. The maximum absolute atomic E-state index is 13.1. The molecule has 0 radical (unpaired) electrons. The van der Waals surface area contributed by atoms with Crippen LogP contribution in [0.1, 0.15) is 16.8 Å². The first-order valence-corrected chi connectivity index (χ1v) is 9.87. The number of nitrogens with zero attached hydrogens (tertiary/aromatic N) is 1. The molecule has 0 unspecified atom stereocenters. The smallest absolute Gasteiger partial charge is 0.495 e. The molecule has 0 saturated carbocycles. The zero-order valence-corrected chi connectivity index (χ0v) is 17.6. The molecule has 12 heteroatoms. The van der Waals surface area contributed by atoms with Crippen molar-refractivity contribution in [2.24, 2.45) is 0 Å². The predicted molar refractivity (Wildman–Crippen MR) is 105 cm³/mol. The van der Waals surface area contributed by atoms with E-state index in [1.54, 1.807) is 23.6 Å². The lowest BCUT2D eigenvalue weighted by atomic mass is 10.1. The monoisotopic (exact) mass is 483 g/mol. The van der Waals surface area contributed by atoms with E-state index >= 15 is 0 Å². The van der Waals surface area contributed by atoms with Crippen LogP contribution in [0.15, 0.2) is 23.6 Å². The minimum Gasteiger partial charge on any atom is -0.495 e. The third-order valence-corrected chi connectivity index (χ3v) is 5.73.